The number of nitrogens with zero attached hydrogens (tertiary/aromatic N) is 1. The lowest BCUT2D eigenvalue weighted by Crippen LogP contribution is -2.43. The van der Waals surface area contributed by atoms with Gasteiger partial charge >= 0.3 is 0 Å². The van der Waals surface area contributed by atoms with E-state index in [1.807, 2.05) is 11.3 Å². The Morgan fingerprint density at radius 3 is 1.88 bits per heavy atom. The second kappa shape index (κ2) is 19.9. The van der Waals surface area contributed by atoms with Crippen LogP contribution < -0.4 is 9.47 Å². The minimum absolute atomic E-state index is 0.0690. The van der Waals surface area contributed by atoms with Gasteiger partial charge in [-0.3, -0.25) is 0 Å². The van der Waals surface area contributed by atoms with E-state index >= 15 is 0 Å². The molecule has 312 valence electrons. The normalized spacial score (nSPS) is 17.5. The first-order valence-electron chi connectivity index (χ1n) is 22.4. The number of aryl methyl sites for hydroxylation is 1. The van der Waals surface area contributed by atoms with Crippen molar-refractivity contribution in [3.8, 4) is 21.9 Å². The third-order valence-corrected chi connectivity index (χ3v) is 13.7. The molecule has 0 radical (unpaired) electrons. The zero-order chi connectivity index (χ0) is 40.5. The Morgan fingerprint density at radius 1 is 0.679 bits per heavy atom. The number of hydrogen-bond donors (Lipinski definition) is 0. The Balaban J connectivity index is 1.53. The molecule has 0 spiro atoms. The highest BCUT2D eigenvalue weighted by Gasteiger charge is 2.40. The number of benzene rings is 2. The van der Waals surface area contributed by atoms with E-state index in [9.17, 15) is 0 Å². The molecule has 1 aliphatic heterocycles. The van der Waals surface area contributed by atoms with Crippen LogP contribution >= 0.6 is 11.3 Å². The van der Waals surface area contributed by atoms with Crippen molar-refractivity contribution in [2.24, 2.45) is 17.3 Å². The average Bonchev–Trinajstić information content (AvgIpc) is 3.63. The Hall–Kier alpha value is -2.54. The van der Waals surface area contributed by atoms with E-state index in [0.717, 1.165) is 49.0 Å². The van der Waals surface area contributed by atoms with Gasteiger partial charge in [0.05, 0.1) is 28.4 Å². The molecule has 0 bridgehead atoms. The van der Waals surface area contributed by atoms with E-state index in [4.69, 9.17) is 18.9 Å². The molecule has 0 saturated heterocycles. The maximum atomic E-state index is 7.07. The molecule has 0 saturated carbocycles. The highest BCUT2D eigenvalue weighted by atomic mass is 32.1. The van der Waals surface area contributed by atoms with Crippen LogP contribution in [0.2, 0.25) is 0 Å². The number of ether oxygens (including phenoxy) is 4. The van der Waals surface area contributed by atoms with E-state index in [0.29, 0.717) is 38.3 Å². The minimum Gasteiger partial charge on any atom is -0.488 e. The summed E-state index contributed by atoms with van der Waals surface area (Å²) in [7, 11) is 0. The first-order chi connectivity index (χ1) is 26.8. The van der Waals surface area contributed by atoms with Crippen LogP contribution in [0.1, 0.15) is 157 Å². The molecule has 56 heavy (non-hydrogen) atoms. The van der Waals surface area contributed by atoms with Crippen molar-refractivity contribution in [3.63, 3.8) is 0 Å². The molecule has 4 aromatic rings. The van der Waals surface area contributed by atoms with Crippen LogP contribution in [0.25, 0.3) is 32.2 Å². The van der Waals surface area contributed by atoms with Crippen LogP contribution in [0.3, 0.4) is 0 Å². The SMILES string of the molecule is CCCCCCn1c2ccc(-c3sc(C(C)(C)C)c4c3OCC(COCC(CC)CCC)(COCC(CC)CCCC)CO4)cc2c2cc(C(C)(C)C)ccc21. The summed E-state index contributed by atoms with van der Waals surface area (Å²) in [4.78, 5) is 2.38. The maximum Gasteiger partial charge on any atom is 0.180 e. The topological polar surface area (TPSA) is 41.9 Å². The molecule has 3 unspecified atom stereocenters. The molecule has 6 heteroatoms. The lowest BCUT2D eigenvalue weighted by molar-refractivity contribution is -0.0715. The van der Waals surface area contributed by atoms with Gasteiger partial charge in [0, 0.05) is 47.0 Å². The molecule has 2 aromatic carbocycles. The van der Waals surface area contributed by atoms with Gasteiger partial charge in [-0.2, -0.15) is 0 Å². The van der Waals surface area contributed by atoms with Crippen LogP contribution in [-0.2, 0) is 26.8 Å². The number of rotatable bonds is 21. The van der Waals surface area contributed by atoms with Gasteiger partial charge in [0.15, 0.2) is 11.5 Å². The molecule has 0 aliphatic carbocycles. The smallest absolute Gasteiger partial charge is 0.180 e. The van der Waals surface area contributed by atoms with E-state index < -0.39 is 5.41 Å². The van der Waals surface area contributed by atoms with Crippen molar-refractivity contribution in [2.45, 2.75) is 164 Å². The Bertz CT molecular complexity index is 1820. The molecule has 1 aliphatic rings. The number of hydrogen-bond acceptors (Lipinski definition) is 5. The highest BCUT2D eigenvalue weighted by molar-refractivity contribution is 7.16. The van der Waals surface area contributed by atoms with Crippen molar-refractivity contribution in [2.75, 3.05) is 39.6 Å². The van der Waals surface area contributed by atoms with Gasteiger partial charge in [-0.15, -0.1) is 11.3 Å². The maximum absolute atomic E-state index is 7.07. The highest BCUT2D eigenvalue weighted by Crippen LogP contribution is 2.54. The summed E-state index contributed by atoms with van der Waals surface area (Å²) < 4.78 is 29.9. The van der Waals surface area contributed by atoms with Crippen molar-refractivity contribution in [1.82, 2.24) is 4.57 Å². The summed E-state index contributed by atoms with van der Waals surface area (Å²) in [6.45, 7) is 29.9. The standard InChI is InChI=1S/C50H77NO4S/c1-12-17-19-20-27-51-42-25-23-38(28-40(42)41-29-39(48(6,7)8)24-26-43(41)51)46-44-45(47(56-46)49(9,10)11)55-35-50(34-54-44,32-52-30-36(15-4)21-14-3)33-53-31-37(16-5)22-18-13-2/h23-26,28-29,36-37H,12-22,27,30-35H2,1-11H3. The number of unbranched alkanes of at least 4 members (excludes halogenated alkanes) is 4. The van der Waals surface area contributed by atoms with Crippen molar-refractivity contribution in [1.29, 1.82) is 0 Å². The zero-order valence-electron chi connectivity index (χ0n) is 37.3. The minimum atomic E-state index is -0.408. The largest absolute Gasteiger partial charge is 0.488 e. The molecule has 2 aromatic heterocycles. The monoisotopic (exact) mass is 788 g/mol. The van der Waals surface area contributed by atoms with E-state index in [1.165, 1.54) is 95.6 Å². The first kappa shape index (κ1) is 44.6. The summed E-state index contributed by atoms with van der Waals surface area (Å²) in [5, 5.41) is 2.65. The van der Waals surface area contributed by atoms with E-state index in [1.54, 1.807) is 0 Å². The fraction of sp³-hybridized carbons (Fsp3) is 0.680. The number of aromatic nitrogens is 1. The van der Waals surface area contributed by atoms with Crippen molar-refractivity contribution in [3.05, 3.63) is 46.8 Å². The predicted molar refractivity (Wildman–Crippen MR) is 241 cm³/mol. The molecule has 0 N–H and O–H groups in total. The van der Waals surface area contributed by atoms with Crippen LogP contribution in [0.5, 0.6) is 11.5 Å². The third-order valence-electron chi connectivity index (χ3n) is 12.1. The van der Waals surface area contributed by atoms with Crippen molar-refractivity contribution >= 4 is 33.1 Å². The third kappa shape index (κ3) is 10.7. The molecule has 5 rings (SSSR count). The Morgan fingerprint density at radius 2 is 1.29 bits per heavy atom. The van der Waals surface area contributed by atoms with Gasteiger partial charge < -0.3 is 23.5 Å². The Labute approximate surface area is 345 Å². The average molecular weight is 788 g/mol. The molecule has 3 heterocycles. The van der Waals surface area contributed by atoms with Gasteiger partial charge in [-0.05, 0) is 71.9 Å². The van der Waals surface area contributed by atoms with Crippen LogP contribution in [-0.4, -0.2) is 44.2 Å². The lowest BCUT2D eigenvalue weighted by atomic mass is 9.86. The zero-order valence-corrected chi connectivity index (χ0v) is 38.2. The van der Waals surface area contributed by atoms with Gasteiger partial charge in [0.1, 0.15) is 13.2 Å². The quantitative estimate of drug-likeness (QED) is 0.0789. The summed E-state index contributed by atoms with van der Waals surface area (Å²) >= 11 is 1.84. The molecule has 0 amide bonds. The van der Waals surface area contributed by atoms with Gasteiger partial charge in [0.2, 0.25) is 0 Å². The number of fused-ring (bicyclic) bond motifs is 4. The van der Waals surface area contributed by atoms with Gasteiger partial charge in [-0.25, -0.2) is 0 Å². The second-order valence-corrected chi connectivity index (χ2v) is 20.2. The van der Waals surface area contributed by atoms with Gasteiger partial charge in [-0.1, -0.05) is 140 Å². The van der Waals surface area contributed by atoms with Crippen LogP contribution in [0.15, 0.2) is 36.4 Å². The van der Waals surface area contributed by atoms with Crippen LogP contribution in [0, 0.1) is 17.3 Å². The van der Waals surface area contributed by atoms with E-state index in [2.05, 4.69) is 117 Å². The molecule has 5 nitrogen and oxygen atoms in total. The molecule has 3 atom stereocenters. The fourth-order valence-corrected chi connectivity index (χ4v) is 9.54. The molecular formula is C50H77NO4S. The second-order valence-electron chi connectivity index (χ2n) is 19.2. The van der Waals surface area contributed by atoms with Crippen molar-refractivity contribution < 1.29 is 18.9 Å². The van der Waals surface area contributed by atoms with Gasteiger partial charge in [0.25, 0.3) is 0 Å². The summed E-state index contributed by atoms with van der Waals surface area (Å²) in [5.41, 5.74) is 4.75. The van der Waals surface area contributed by atoms with Crippen LogP contribution in [0.4, 0.5) is 0 Å². The molecule has 0 fully saturated rings. The summed E-state index contributed by atoms with van der Waals surface area (Å²) in [6, 6.07) is 14.3. The Kier molecular flexibility index (Phi) is 15.9. The molecular weight excluding hydrogens is 711 g/mol. The predicted octanol–water partition coefficient (Wildman–Crippen LogP) is 14.5. The fourth-order valence-electron chi connectivity index (χ4n) is 8.29. The first-order valence-corrected chi connectivity index (χ1v) is 23.3. The van der Waals surface area contributed by atoms with E-state index in [-0.39, 0.29) is 10.8 Å². The summed E-state index contributed by atoms with van der Waals surface area (Å²) in [5.74, 6) is 2.93. The number of thiophene rings is 1. The summed E-state index contributed by atoms with van der Waals surface area (Å²) in [6.07, 6.45) is 13.3. The lowest BCUT2D eigenvalue weighted by Gasteiger charge is -2.32.